The molecule has 1 saturated carbocycles. The Bertz CT molecular complexity index is 160. The molecule has 1 rings (SSSR count). The van der Waals surface area contributed by atoms with Gasteiger partial charge in [0.2, 0.25) is 0 Å². The van der Waals surface area contributed by atoms with Crippen molar-refractivity contribution in [2.45, 2.75) is 64.3 Å². The molecule has 0 saturated heterocycles. The summed E-state index contributed by atoms with van der Waals surface area (Å²) in [5, 5.41) is 13.2. The van der Waals surface area contributed by atoms with Crippen LogP contribution in [-0.4, -0.2) is 23.8 Å². The summed E-state index contributed by atoms with van der Waals surface area (Å²) in [7, 11) is 0. The summed E-state index contributed by atoms with van der Waals surface area (Å²) in [5.41, 5.74) is 0.0564. The molecule has 0 aromatic carbocycles. The van der Waals surface area contributed by atoms with E-state index >= 15 is 0 Å². The van der Waals surface area contributed by atoms with Crippen molar-refractivity contribution in [1.82, 2.24) is 5.32 Å². The third-order valence-electron chi connectivity index (χ3n) is 4.03. The minimum absolute atomic E-state index is 0.0564. The first-order chi connectivity index (χ1) is 7.26. The lowest BCUT2D eigenvalue weighted by Crippen LogP contribution is -2.51. The van der Waals surface area contributed by atoms with Gasteiger partial charge in [-0.05, 0) is 25.3 Å². The molecule has 1 aliphatic rings. The van der Waals surface area contributed by atoms with Crippen molar-refractivity contribution < 1.29 is 5.11 Å². The summed E-state index contributed by atoms with van der Waals surface area (Å²) < 4.78 is 0. The Hall–Kier alpha value is -0.0800. The van der Waals surface area contributed by atoms with Gasteiger partial charge in [0.1, 0.15) is 0 Å². The molecule has 0 aromatic rings. The third kappa shape index (κ3) is 3.76. The summed E-state index contributed by atoms with van der Waals surface area (Å²) in [6, 6.07) is 0. The van der Waals surface area contributed by atoms with Gasteiger partial charge >= 0.3 is 0 Å². The van der Waals surface area contributed by atoms with Crippen molar-refractivity contribution in [3.63, 3.8) is 0 Å². The van der Waals surface area contributed by atoms with Crippen molar-refractivity contribution in [2.24, 2.45) is 5.92 Å². The molecule has 1 aliphatic carbocycles. The summed E-state index contributed by atoms with van der Waals surface area (Å²) in [6.07, 6.45) is 8.69. The summed E-state index contributed by atoms with van der Waals surface area (Å²) in [5.74, 6) is 0.773. The summed E-state index contributed by atoms with van der Waals surface area (Å²) in [6.45, 7) is 5.89. The van der Waals surface area contributed by atoms with Crippen molar-refractivity contribution in [1.29, 1.82) is 0 Å². The van der Waals surface area contributed by atoms with Crippen LogP contribution >= 0.6 is 0 Å². The fourth-order valence-electron chi connectivity index (χ4n) is 2.56. The van der Waals surface area contributed by atoms with E-state index in [2.05, 4.69) is 19.2 Å². The maximum absolute atomic E-state index is 9.54. The van der Waals surface area contributed by atoms with Crippen LogP contribution in [0.1, 0.15) is 58.8 Å². The molecule has 0 atom stereocenters. The summed E-state index contributed by atoms with van der Waals surface area (Å²) in [4.78, 5) is 0. The van der Waals surface area contributed by atoms with Crippen LogP contribution in [0.2, 0.25) is 0 Å². The first-order valence-electron chi connectivity index (χ1n) is 6.62. The lowest BCUT2D eigenvalue weighted by atomic mass is 9.82. The molecule has 2 nitrogen and oxygen atoms in total. The van der Waals surface area contributed by atoms with Crippen LogP contribution in [0.3, 0.4) is 0 Å². The van der Waals surface area contributed by atoms with Gasteiger partial charge in [-0.3, -0.25) is 0 Å². The maximum atomic E-state index is 9.54. The largest absolute Gasteiger partial charge is 0.394 e. The highest BCUT2D eigenvalue weighted by molar-refractivity contribution is 4.90. The van der Waals surface area contributed by atoms with Crippen LogP contribution in [0.4, 0.5) is 0 Å². The van der Waals surface area contributed by atoms with Gasteiger partial charge in [0, 0.05) is 5.54 Å². The SMILES string of the molecule is CCC(CC)CNC1(CO)CCCCC1. The predicted octanol–water partition coefficient (Wildman–Crippen LogP) is 2.71. The molecule has 1 fully saturated rings. The van der Waals surface area contributed by atoms with Crippen molar-refractivity contribution in [3.05, 3.63) is 0 Å². The lowest BCUT2D eigenvalue weighted by molar-refractivity contribution is 0.115. The highest BCUT2D eigenvalue weighted by Gasteiger charge is 2.30. The van der Waals surface area contributed by atoms with Crippen LogP contribution in [0, 0.1) is 5.92 Å². The van der Waals surface area contributed by atoms with Crippen molar-refractivity contribution in [3.8, 4) is 0 Å². The Kier molecular flexibility index (Phi) is 5.62. The molecule has 0 aromatic heterocycles. The highest BCUT2D eigenvalue weighted by atomic mass is 16.3. The monoisotopic (exact) mass is 213 g/mol. The lowest BCUT2D eigenvalue weighted by Gasteiger charge is -2.37. The molecule has 0 radical (unpaired) electrons. The molecule has 0 bridgehead atoms. The molecule has 90 valence electrons. The Morgan fingerprint density at radius 1 is 1.13 bits per heavy atom. The second-order valence-corrected chi connectivity index (χ2v) is 5.06. The van der Waals surface area contributed by atoms with E-state index in [0.29, 0.717) is 6.61 Å². The average molecular weight is 213 g/mol. The maximum Gasteiger partial charge on any atom is 0.0613 e. The summed E-state index contributed by atoms with van der Waals surface area (Å²) >= 11 is 0. The Morgan fingerprint density at radius 3 is 2.20 bits per heavy atom. The smallest absolute Gasteiger partial charge is 0.0613 e. The molecule has 2 N–H and O–H groups in total. The first-order valence-corrected chi connectivity index (χ1v) is 6.62. The van der Waals surface area contributed by atoms with Gasteiger partial charge in [0.25, 0.3) is 0 Å². The van der Waals surface area contributed by atoms with E-state index in [1.165, 1.54) is 32.1 Å². The standard InChI is InChI=1S/C13H27NO/c1-3-12(4-2)10-14-13(11-15)8-6-5-7-9-13/h12,14-15H,3-11H2,1-2H3. The molecule has 0 aliphatic heterocycles. The van der Waals surface area contributed by atoms with E-state index in [0.717, 1.165) is 25.3 Å². The predicted molar refractivity (Wildman–Crippen MR) is 65.0 cm³/mol. The molecular weight excluding hydrogens is 186 g/mol. The molecule has 0 amide bonds. The number of hydrogen-bond acceptors (Lipinski definition) is 2. The molecule has 2 heteroatoms. The van der Waals surface area contributed by atoms with Crippen LogP contribution in [0.5, 0.6) is 0 Å². The number of rotatable bonds is 6. The van der Waals surface area contributed by atoms with Gasteiger partial charge in [-0.25, -0.2) is 0 Å². The third-order valence-corrected chi connectivity index (χ3v) is 4.03. The molecule has 0 heterocycles. The minimum atomic E-state index is 0.0564. The Labute approximate surface area is 94.5 Å². The van der Waals surface area contributed by atoms with Crippen molar-refractivity contribution in [2.75, 3.05) is 13.2 Å². The fraction of sp³-hybridized carbons (Fsp3) is 1.00. The van der Waals surface area contributed by atoms with E-state index < -0.39 is 0 Å². The quantitative estimate of drug-likeness (QED) is 0.711. The van der Waals surface area contributed by atoms with Crippen LogP contribution in [0.15, 0.2) is 0 Å². The second kappa shape index (κ2) is 6.49. The zero-order valence-corrected chi connectivity index (χ0v) is 10.4. The van der Waals surface area contributed by atoms with E-state index in [9.17, 15) is 5.11 Å². The van der Waals surface area contributed by atoms with Gasteiger partial charge in [-0.2, -0.15) is 0 Å². The van der Waals surface area contributed by atoms with E-state index in [1.807, 2.05) is 0 Å². The number of hydrogen-bond donors (Lipinski definition) is 2. The fourth-order valence-corrected chi connectivity index (χ4v) is 2.56. The van der Waals surface area contributed by atoms with Gasteiger partial charge in [-0.1, -0.05) is 46.0 Å². The molecule has 15 heavy (non-hydrogen) atoms. The van der Waals surface area contributed by atoms with Gasteiger partial charge in [0.15, 0.2) is 0 Å². The van der Waals surface area contributed by atoms with Crippen LogP contribution in [0.25, 0.3) is 0 Å². The van der Waals surface area contributed by atoms with Crippen LogP contribution < -0.4 is 5.32 Å². The van der Waals surface area contributed by atoms with E-state index in [4.69, 9.17) is 0 Å². The van der Waals surface area contributed by atoms with Gasteiger partial charge in [-0.15, -0.1) is 0 Å². The number of aliphatic hydroxyl groups excluding tert-OH is 1. The number of aliphatic hydroxyl groups is 1. The van der Waals surface area contributed by atoms with Crippen molar-refractivity contribution >= 4 is 0 Å². The Balaban J connectivity index is 2.38. The Morgan fingerprint density at radius 2 is 1.73 bits per heavy atom. The number of nitrogens with one attached hydrogen (secondary N) is 1. The second-order valence-electron chi connectivity index (χ2n) is 5.06. The minimum Gasteiger partial charge on any atom is -0.394 e. The van der Waals surface area contributed by atoms with E-state index in [-0.39, 0.29) is 5.54 Å². The highest BCUT2D eigenvalue weighted by Crippen LogP contribution is 2.28. The van der Waals surface area contributed by atoms with Gasteiger partial charge < -0.3 is 10.4 Å². The zero-order valence-electron chi connectivity index (χ0n) is 10.4. The van der Waals surface area contributed by atoms with Gasteiger partial charge in [0.05, 0.1) is 6.61 Å². The average Bonchev–Trinajstić information content (AvgIpc) is 2.31. The zero-order chi connectivity index (χ0) is 11.1. The molecular formula is C13H27NO. The topological polar surface area (TPSA) is 32.3 Å². The molecule has 0 unspecified atom stereocenters. The van der Waals surface area contributed by atoms with Crippen LogP contribution in [-0.2, 0) is 0 Å². The molecule has 0 spiro atoms. The normalized spacial score (nSPS) is 20.8. The first kappa shape index (κ1) is 13.0. The van der Waals surface area contributed by atoms with E-state index in [1.54, 1.807) is 0 Å².